The van der Waals surface area contributed by atoms with Crippen molar-refractivity contribution in [2.45, 2.75) is 142 Å². The SMILES string of the molecule is CC(C)COc1ccc(C(OC(=O)C(=O)OC(C(=O)N(Cc2ccc(F)cc2)C2CCN(CCC3OCC(C)O3)CC2)c2ccc(OCC(C)C)cc2)C(=O)N(Cc2ccc(F)cc2)C2CCN(CCC3OCC(C)O3)CC2)cc1. The normalized spacial score (nSPS) is 21.1. The molecule has 18 heteroatoms. The first kappa shape index (κ1) is 60.1. The number of amides is 2. The van der Waals surface area contributed by atoms with Crippen LogP contribution in [-0.2, 0) is 60.7 Å². The van der Waals surface area contributed by atoms with Crippen LogP contribution in [0, 0.1) is 23.5 Å². The van der Waals surface area contributed by atoms with Crippen LogP contribution in [0.25, 0.3) is 0 Å². The minimum absolute atomic E-state index is 0.0390. The number of halogens is 2. The summed E-state index contributed by atoms with van der Waals surface area (Å²) in [4.78, 5) is 67.8. The number of rotatable bonds is 24. The maximum absolute atomic E-state index is 15.4. The van der Waals surface area contributed by atoms with Gasteiger partial charge in [0.05, 0.1) is 38.6 Å². The molecule has 2 amide bonds. The molecule has 0 aromatic heterocycles. The summed E-state index contributed by atoms with van der Waals surface area (Å²) in [5.41, 5.74) is 1.82. The van der Waals surface area contributed by atoms with Crippen LogP contribution in [0.2, 0.25) is 0 Å². The van der Waals surface area contributed by atoms with E-state index in [2.05, 4.69) is 9.80 Å². The molecule has 4 heterocycles. The molecule has 0 saturated carbocycles. The van der Waals surface area contributed by atoms with Gasteiger partial charge in [0.2, 0.25) is 12.2 Å². The molecule has 0 aliphatic carbocycles. The fourth-order valence-corrected chi connectivity index (χ4v) is 10.4. The zero-order chi connectivity index (χ0) is 56.7. The summed E-state index contributed by atoms with van der Waals surface area (Å²) < 4.78 is 75.9. The fraction of sp³-hybridized carbons (Fsp3) is 0.548. The first-order valence-corrected chi connectivity index (χ1v) is 28.5. The first-order valence-electron chi connectivity index (χ1n) is 28.5. The smallest absolute Gasteiger partial charge is 0.418 e. The van der Waals surface area contributed by atoms with Crippen LogP contribution in [0.1, 0.15) is 115 Å². The summed E-state index contributed by atoms with van der Waals surface area (Å²) >= 11 is 0. The van der Waals surface area contributed by atoms with E-state index in [-0.39, 0.29) is 72.9 Å². The Kier molecular flexibility index (Phi) is 21.9. The second-order valence-electron chi connectivity index (χ2n) is 22.4. The summed E-state index contributed by atoms with van der Waals surface area (Å²) in [6, 6.07) is 24.3. The van der Waals surface area contributed by atoms with E-state index in [1.807, 2.05) is 41.5 Å². The monoisotopic (exact) mass is 1110 g/mol. The highest BCUT2D eigenvalue weighted by atomic mass is 19.1. The van der Waals surface area contributed by atoms with Gasteiger partial charge < -0.3 is 57.5 Å². The van der Waals surface area contributed by atoms with Crippen molar-refractivity contribution in [3.05, 3.63) is 131 Å². The van der Waals surface area contributed by atoms with Crippen molar-refractivity contribution >= 4 is 23.8 Å². The number of benzene rings is 4. The minimum atomic E-state index is -1.66. The number of esters is 2. The van der Waals surface area contributed by atoms with Crippen molar-refractivity contribution in [1.29, 1.82) is 0 Å². The topological polar surface area (TPSA) is 155 Å². The second-order valence-corrected chi connectivity index (χ2v) is 22.4. The van der Waals surface area contributed by atoms with Gasteiger partial charge in [0, 0.05) is 88.4 Å². The quantitative estimate of drug-likeness (QED) is 0.0484. The first-order chi connectivity index (χ1) is 38.5. The maximum Gasteiger partial charge on any atom is 0.418 e. The molecule has 16 nitrogen and oxygen atoms in total. The lowest BCUT2D eigenvalue weighted by molar-refractivity contribution is -0.181. The van der Waals surface area contributed by atoms with Gasteiger partial charge in [-0.05, 0) is 111 Å². The number of ether oxygens (including phenoxy) is 8. The third-order valence-corrected chi connectivity index (χ3v) is 14.9. The molecule has 8 rings (SSSR count). The predicted octanol–water partition coefficient (Wildman–Crippen LogP) is 9.19. The van der Waals surface area contributed by atoms with Crippen molar-refractivity contribution in [3.8, 4) is 11.5 Å². The Morgan fingerprint density at radius 1 is 0.537 bits per heavy atom. The average Bonchev–Trinajstić information content (AvgIpc) is 4.11. The Bertz CT molecular complexity index is 2410. The Hall–Kier alpha value is -6.02. The Morgan fingerprint density at radius 2 is 0.887 bits per heavy atom. The van der Waals surface area contributed by atoms with Crippen LogP contribution >= 0.6 is 0 Å². The molecule has 4 aliphatic heterocycles. The third kappa shape index (κ3) is 17.5. The molecule has 0 spiro atoms. The highest BCUT2D eigenvalue weighted by Gasteiger charge is 2.41. The summed E-state index contributed by atoms with van der Waals surface area (Å²) in [7, 11) is 0. The molecule has 6 unspecified atom stereocenters. The number of likely N-dealkylation sites (tertiary alicyclic amines) is 2. The van der Waals surface area contributed by atoms with Crippen LogP contribution < -0.4 is 9.47 Å². The lowest BCUT2D eigenvalue weighted by Gasteiger charge is -2.40. The third-order valence-electron chi connectivity index (χ3n) is 14.9. The van der Waals surface area contributed by atoms with Crippen molar-refractivity contribution in [3.63, 3.8) is 0 Å². The van der Waals surface area contributed by atoms with E-state index in [0.717, 1.165) is 13.1 Å². The summed E-state index contributed by atoms with van der Waals surface area (Å²) in [5.74, 6) is -3.55. The van der Waals surface area contributed by atoms with E-state index in [1.165, 1.54) is 24.3 Å². The van der Waals surface area contributed by atoms with E-state index < -0.39 is 47.6 Å². The number of carbonyl (C=O) groups is 4. The lowest BCUT2D eigenvalue weighted by atomic mass is 9.99. The van der Waals surface area contributed by atoms with E-state index in [0.29, 0.717) is 114 Å². The van der Waals surface area contributed by atoms with E-state index in [4.69, 9.17) is 37.9 Å². The molecular weight excluding hydrogens is 1030 g/mol. The second kappa shape index (κ2) is 29.1. The highest BCUT2D eigenvalue weighted by Crippen LogP contribution is 2.32. The molecule has 0 radical (unpaired) electrons. The van der Waals surface area contributed by atoms with Gasteiger partial charge in [-0.15, -0.1) is 0 Å². The molecule has 80 heavy (non-hydrogen) atoms. The van der Waals surface area contributed by atoms with Gasteiger partial charge in [0.1, 0.15) is 23.1 Å². The van der Waals surface area contributed by atoms with Gasteiger partial charge in [0.15, 0.2) is 12.6 Å². The number of nitrogens with zero attached hydrogens (tertiary/aromatic N) is 4. The van der Waals surface area contributed by atoms with E-state index >= 15 is 9.59 Å². The fourth-order valence-electron chi connectivity index (χ4n) is 10.4. The Morgan fingerprint density at radius 3 is 1.20 bits per heavy atom. The summed E-state index contributed by atoms with van der Waals surface area (Å²) in [5, 5.41) is 0. The molecule has 4 aromatic carbocycles. The van der Waals surface area contributed by atoms with E-state index in [1.54, 1.807) is 82.6 Å². The zero-order valence-corrected chi connectivity index (χ0v) is 47.2. The van der Waals surface area contributed by atoms with Crippen molar-refractivity contribution in [2.75, 3.05) is 65.7 Å². The number of hydrogen-bond acceptors (Lipinski definition) is 14. The molecule has 4 aliphatic rings. The van der Waals surface area contributed by atoms with Crippen LogP contribution in [0.4, 0.5) is 8.78 Å². The van der Waals surface area contributed by atoms with Gasteiger partial charge in [-0.25, -0.2) is 18.4 Å². The van der Waals surface area contributed by atoms with Gasteiger partial charge in [-0.1, -0.05) is 76.2 Å². The Labute approximate surface area is 469 Å². The number of hydrogen-bond donors (Lipinski definition) is 0. The van der Waals surface area contributed by atoms with Crippen LogP contribution in [0.3, 0.4) is 0 Å². The average molecular weight is 1110 g/mol. The van der Waals surface area contributed by atoms with E-state index in [9.17, 15) is 18.4 Å². The molecule has 4 saturated heterocycles. The van der Waals surface area contributed by atoms with Gasteiger partial charge in [-0.2, -0.15) is 0 Å². The van der Waals surface area contributed by atoms with Crippen LogP contribution in [-0.4, -0.2) is 146 Å². The summed E-state index contributed by atoms with van der Waals surface area (Å²) in [6.45, 7) is 18.2. The molecule has 4 aromatic rings. The molecule has 0 N–H and O–H groups in total. The largest absolute Gasteiger partial charge is 0.493 e. The van der Waals surface area contributed by atoms with Gasteiger partial charge >= 0.3 is 11.9 Å². The van der Waals surface area contributed by atoms with Crippen molar-refractivity contribution in [1.82, 2.24) is 19.6 Å². The molecule has 434 valence electrons. The summed E-state index contributed by atoms with van der Waals surface area (Å²) in [6.07, 6.45) is -0.110. The molecular formula is C62H80F2N4O12. The van der Waals surface area contributed by atoms with Crippen molar-refractivity contribution in [2.24, 2.45) is 11.8 Å². The standard InChI is InChI=1S/C62H80F2N4O12/c1-41(2)37-73-53-19-11-47(12-20-53)57(59(69)67(35-45-7-15-49(63)16-8-45)51-23-29-65(30-24-51)33-27-55-75-39-43(5)77-55)79-61(71)62(72)80-58(48-13-21-54(22-14-48)74-38-42(3)4)60(70)68(36-46-9-17-50(64)18-10-46)52-25-31-66(32-26-52)34-28-56-76-40-44(6)78-56/h7-22,41-44,51-52,55-58H,23-40H2,1-6H3. The molecule has 6 atom stereocenters. The van der Waals surface area contributed by atoms with Crippen molar-refractivity contribution < 1.29 is 65.9 Å². The zero-order valence-electron chi connectivity index (χ0n) is 47.2. The Balaban J connectivity index is 1.06. The molecule has 4 fully saturated rings. The predicted molar refractivity (Wildman–Crippen MR) is 294 cm³/mol. The van der Waals surface area contributed by atoms with Crippen LogP contribution in [0.15, 0.2) is 97.1 Å². The van der Waals surface area contributed by atoms with Crippen LogP contribution in [0.5, 0.6) is 11.5 Å². The minimum Gasteiger partial charge on any atom is -0.493 e. The van der Waals surface area contributed by atoms with Gasteiger partial charge in [0.25, 0.3) is 11.8 Å². The highest BCUT2D eigenvalue weighted by molar-refractivity contribution is 6.30. The number of carbonyl (C=O) groups excluding carboxylic acids is 4. The molecule has 0 bridgehead atoms. The lowest BCUT2D eigenvalue weighted by Crippen LogP contribution is -2.50. The maximum atomic E-state index is 15.4. The van der Waals surface area contributed by atoms with Gasteiger partial charge in [-0.3, -0.25) is 9.59 Å². The number of piperidine rings is 2.